The molecule has 72 valence electrons. The van der Waals surface area contributed by atoms with Gasteiger partial charge in [-0.3, -0.25) is 0 Å². The van der Waals surface area contributed by atoms with E-state index in [0.29, 0.717) is 30.6 Å². The van der Waals surface area contributed by atoms with Gasteiger partial charge in [-0.05, 0) is 49.9 Å². The van der Waals surface area contributed by atoms with Crippen LogP contribution in [0.1, 0.15) is 32.1 Å². The Balaban J connectivity index is 1.94. The van der Waals surface area contributed by atoms with Gasteiger partial charge in [0.2, 0.25) is 0 Å². The molecular formula is C11H15FO. The maximum atomic E-state index is 14.1. The second-order valence-corrected chi connectivity index (χ2v) is 5.33. The van der Waals surface area contributed by atoms with Crippen LogP contribution in [-0.4, -0.2) is 12.0 Å². The molecule has 1 nitrogen and oxygen atoms in total. The van der Waals surface area contributed by atoms with E-state index in [1.807, 2.05) is 0 Å². The standard InChI is InChI=1S/C11H15FO/c12-11-3-7-1-8(4-11)10(6-13)9(2-7)5-11/h6-10H,1-5H2/t7?,8-,9+,10?,11?. The van der Waals surface area contributed by atoms with Crippen LogP contribution in [0.3, 0.4) is 0 Å². The Morgan fingerprint density at radius 1 is 1.15 bits per heavy atom. The highest BCUT2D eigenvalue weighted by Crippen LogP contribution is 2.59. The molecule has 0 N–H and O–H groups in total. The molecule has 0 aromatic carbocycles. The van der Waals surface area contributed by atoms with Crippen LogP contribution < -0.4 is 0 Å². The van der Waals surface area contributed by atoms with Crippen molar-refractivity contribution in [2.24, 2.45) is 23.7 Å². The highest BCUT2D eigenvalue weighted by atomic mass is 19.1. The van der Waals surface area contributed by atoms with Crippen molar-refractivity contribution >= 4 is 6.29 Å². The van der Waals surface area contributed by atoms with E-state index in [-0.39, 0.29) is 5.92 Å². The normalized spacial score (nSPS) is 58.2. The number of carbonyl (C=O) groups excluding carboxylic acids is 1. The Bertz CT molecular complexity index is 234. The fraction of sp³-hybridized carbons (Fsp3) is 0.909. The predicted octanol–water partition coefficient (Wildman–Crippen LogP) is 2.35. The number of halogens is 1. The number of rotatable bonds is 1. The van der Waals surface area contributed by atoms with Crippen LogP contribution in [-0.2, 0) is 4.79 Å². The van der Waals surface area contributed by atoms with E-state index in [4.69, 9.17) is 0 Å². The summed E-state index contributed by atoms with van der Waals surface area (Å²) in [7, 11) is 0. The van der Waals surface area contributed by atoms with Gasteiger partial charge in [-0.15, -0.1) is 0 Å². The molecule has 0 aromatic heterocycles. The average Bonchev–Trinajstić information content (AvgIpc) is 2.00. The first-order valence-corrected chi connectivity index (χ1v) is 5.34. The van der Waals surface area contributed by atoms with Gasteiger partial charge in [-0.25, -0.2) is 4.39 Å². The Labute approximate surface area is 77.7 Å². The van der Waals surface area contributed by atoms with Crippen molar-refractivity contribution < 1.29 is 9.18 Å². The number of hydrogen-bond donors (Lipinski definition) is 0. The fourth-order valence-electron chi connectivity index (χ4n) is 4.19. The first-order valence-electron chi connectivity index (χ1n) is 5.34. The van der Waals surface area contributed by atoms with E-state index in [9.17, 15) is 9.18 Å². The minimum atomic E-state index is -0.879. The maximum absolute atomic E-state index is 14.1. The van der Waals surface area contributed by atoms with E-state index in [1.165, 1.54) is 0 Å². The molecule has 0 heterocycles. The fourth-order valence-corrected chi connectivity index (χ4v) is 4.19. The van der Waals surface area contributed by atoms with Crippen molar-refractivity contribution in [3.05, 3.63) is 0 Å². The number of hydrogen-bond acceptors (Lipinski definition) is 1. The molecule has 5 atom stereocenters. The van der Waals surface area contributed by atoms with E-state index in [1.54, 1.807) is 0 Å². The smallest absolute Gasteiger partial charge is 0.123 e. The molecule has 0 spiro atoms. The molecule has 4 aliphatic carbocycles. The maximum Gasteiger partial charge on any atom is 0.123 e. The van der Waals surface area contributed by atoms with E-state index >= 15 is 0 Å². The molecule has 0 radical (unpaired) electrons. The SMILES string of the molecule is O=CC1[C@@H]2CC3C[C@H]1CC(F)(C3)C2. The van der Waals surface area contributed by atoms with Crippen molar-refractivity contribution in [3.8, 4) is 0 Å². The summed E-state index contributed by atoms with van der Waals surface area (Å²) < 4.78 is 14.1. The predicted molar refractivity (Wildman–Crippen MR) is 46.9 cm³/mol. The van der Waals surface area contributed by atoms with Gasteiger partial charge in [-0.2, -0.15) is 0 Å². The molecule has 4 bridgehead atoms. The van der Waals surface area contributed by atoms with Gasteiger partial charge in [0.1, 0.15) is 12.0 Å². The molecule has 13 heavy (non-hydrogen) atoms. The zero-order chi connectivity index (χ0) is 9.05. The van der Waals surface area contributed by atoms with E-state index in [2.05, 4.69) is 0 Å². The van der Waals surface area contributed by atoms with Crippen molar-refractivity contribution in [2.75, 3.05) is 0 Å². The highest BCUT2D eigenvalue weighted by Gasteiger charge is 2.55. The lowest BCUT2D eigenvalue weighted by Gasteiger charge is -2.55. The van der Waals surface area contributed by atoms with Crippen LogP contribution in [0, 0.1) is 23.7 Å². The summed E-state index contributed by atoms with van der Waals surface area (Å²) >= 11 is 0. The third kappa shape index (κ3) is 1.01. The molecule has 3 unspecified atom stereocenters. The van der Waals surface area contributed by atoms with Gasteiger partial charge >= 0.3 is 0 Å². The van der Waals surface area contributed by atoms with Gasteiger partial charge in [0, 0.05) is 5.92 Å². The summed E-state index contributed by atoms with van der Waals surface area (Å²) in [6.45, 7) is 0. The van der Waals surface area contributed by atoms with Crippen molar-refractivity contribution in [3.63, 3.8) is 0 Å². The molecule has 4 fully saturated rings. The Hall–Kier alpha value is -0.400. The number of aldehydes is 1. The first-order chi connectivity index (χ1) is 6.20. The average molecular weight is 182 g/mol. The number of carbonyl (C=O) groups is 1. The zero-order valence-corrected chi connectivity index (χ0v) is 7.71. The monoisotopic (exact) mass is 182 g/mol. The zero-order valence-electron chi connectivity index (χ0n) is 7.71. The molecule has 4 aliphatic rings. The second-order valence-electron chi connectivity index (χ2n) is 5.33. The quantitative estimate of drug-likeness (QED) is 0.569. The summed E-state index contributed by atoms with van der Waals surface area (Å²) in [5, 5.41) is 0. The second kappa shape index (κ2) is 2.34. The van der Waals surface area contributed by atoms with Crippen LogP contribution in [0.15, 0.2) is 0 Å². The molecule has 0 amide bonds. The minimum Gasteiger partial charge on any atom is -0.303 e. The molecule has 4 saturated carbocycles. The van der Waals surface area contributed by atoms with Crippen LogP contribution in [0.2, 0.25) is 0 Å². The molecule has 2 heteroatoms. The van der Waals surface area contributed by atoms with E-state index in [0.717, 1.165) is 25.5 Å². The van der Waals surface area contributed by atoms with Gasteiger partial charge in [0.15, 0.2) is 0 Å². The van der Waals surface area contributed by atoms with E-state index < -0.39 is 5.67 Å². The summed E-state index contributed by atoms with van der Waals surface area (Å²) in [6, 6.07) is 0. The Morgan fingerprint density at radius 3 is 2.23 bits per heavy atom. The number of alkyl halides is 1. The van der Waals surface area contributed by atoms with Crippen LogP contribution in [0.4, 0.5) is 4.39 Å². The van der Waals surface area contributed by atoms with Crippen molar-refractivity contribution in [1.82, 2.24) is 0 Å². The Kier molecular flexibility index (Phi) is 1.43. The van der Waals surface area contributed by atoms with Crippen LogP contribution >= 0.6 is 0 Å². The molecule has 0 saturated heterocycles. The van der Waals surface area contributed by atoms with Gasteiger partial charge in [0.05, 0.1) is 0 Å². The summed E-state index contributed by atoms with van der Waals surface area (Å²) in [5.74, 6) is 1.56. The molecule has 0 aromatic rings. The third-order valence-electron chi connectivity index (χ3n) is 4.43. The topological polar surface area (TPSA) is 17.1 Å². The lowest BCUT2D eigenvalue weighted by molar-refractivity contribution is -0.135. The van der Waals surface area contributed by atoms with Crippen LogP contribution in [0.5, 0.6) is 0 Å². The lowest BCUT2D eigenvalue weighted by Crippen LogP contribution is -2.52. The lowest BCUT2D eigenvalue weighted by atomic mass is 9.51. The minimum absolute atomic E-state index is 0.195. The van der Waals surface area contributed by atoms with Crippen LogP contribution in [0.25, 0.3) is 0 Å². The third-order valence-corrected chi connectivity index (χ3v) is 4.43. The summed E-state index contributed by atoms with van der Waals surface area (Å²) in [6.07, 6.45) is 5.45. The van der Waals surface area contributed by atoms with Crippen molar-refractivity contribution in [1.29, 1.82) is 0 Å². The van der Waals surface area contributed by atoms with Gasteiger partial charge in [0.25, 0.3) is 0 Å². The Morgan fingerprint density at radius 2 is 1.77 bits per heavy atom. The van der Waals surface area contributed by atoms with Gasteiger partial charge in [-0.1, -0.05) is 0 Å². The summed E-state index contributed by atoms with van der Waals surface area (Å²) in [5.41, 5.74) is -0.879. The molecule has 4 rings (SSSR count). The highest BCUT2D eigenvalue weighted by molar-refractivity contribution is 5.55. The largest absolute Gasteiger partial charge is 0.303 e. The molecular weight excluding hydrogens is 167 g/mol. The van der Waals surface area contributed by atoms with Gasteiger partial charge < -0.3 is 4.79 Å². The summed E-state index contributed by atoms with van der Waals surface area (Å²) in [4.78, 5) is 10.9. The molecule has 0 aliphatic heterocycles. The first kappa shape index (κ1) is 7.95. The van der Waals surface area contributed by atoms with Crippen molar-refractivity contribution in [2.45, 2.75) is 37.8 Å².